The molecule has 3 aromatic rings. The molecule has 3 rings (SSSR count). The monoisotopic (exact) mass is 408 g/mol. The molecular weight excluding hydrogens is 396 g/mol. The Morgan fingerprint density at radius 3 is 2.62 bits per heavy atom. The largest absolute Gasteiger partial charge is 0.289 e. The normalized spacial score (nSPS) is 11.4. The van der Waals surface area contributed by atoms with Gasteiger partial charge in [0.05, 0.1) is 9.80 Å². The van der Waals surface area contributed by atoms with Gasteiger partial charge in [-0.05, 0) is 29.6 Å². The lowest BCUT2D eigenvalue weighted by atomic mass is 10.2. The lowest BCUT2D eigenvalue weighted by Crippen LogP contribution is -2.23. The summed E-state index contributed by atoms with van der Waals surface area (Å²) >= 11 is 2.60. The van der Waals surface area contributed by atoms with Crippen LogP contribution in [0.1, 0.15) is 20.1 Å². The summed E-state index contributed by atoms with van der Waals surface area (Å²) < 4.78 is 27.1. The highest BCUT2D eigenvalue weighted by atomic mass is 32.2. The average molecular weight is 408 g/mol. The Kier molecular flexibility index (Phi) is 5.28. The molecule has 0 atom stereocenters. The lowest BCUT2D eigenvalue weighted by molar-refractivity contribution is -0.387. The Labute approximate surface area is 157 Å². The molecule has 0 amide bonds. The van der Waals surface area contributed by atoms with E-state index in [0.717, 1.165) is 6.07 Å². The number of hydrogen-bond donors (Lipinski definition) is 1. The minimum atomic E-state index is -4.06. The van der Waals surface area contributed by atoms with Gasteiger partial charge in [0, 0.05) is 28.4 Å². The van der Waals surface area contributed by atoms with Crippen LogP contribution in [0.15, 0.2) is 58.1 Å². The van der Waals surface area contributed by atoms with E-state index in [4.69, 9.17) is 0 Å². The van der Waals surface area contributed by atoms with Crippen LogP contribution in [-0.4, -0.2) is 19.1 Å². The number of benzene rings is 1. The van der Waals surface area contributed by atoms with Gasteiger partial charge in [0.15, 0.2) is 4.90 Å². The summed E-state index contributed by atoms with van der Waals surface area (Å²) in [6.45, 7) is -0.0596. The zero-order valence-corrected chi connectivity index (χ0v) is 15.6. The third kappa shape index (κ3) is 3.88. The topological polar surface area (TPSA) is 106 Å². The van der Waals surface area contributed by atoms with E-state index in [0.29, 0.717) is 15.3 Å². The predicted molar refractivity (Wildman–Crippen MR) is 99.2 cm³/mol. The minimum Gasteiger partial charge on any atom is -0.288 e. The summed E-state index contributed by atoms with van der Waals surface area (Å²) in [6, 6.07) is 10.2. The molecule has 7 nitrogen and oxygen atoms in total. The highest BCUT2D eigenvalue weighted by Gasteiger charge is 2.25. The molecule has 0 saturated heterocycles. The Balaban J connectivity index is 1.75. The molecule has 0 spiro atoms. The fourth-order valence-corrected chi connectivity index (χ4v) is 5.02. The fourth-order valence-electron chi connectivity index (χ4n) is 2.21. The van der Waals surface area contributed by atoms with Crippen molar-refractivity contribution >= 4 is 44.2 Å². The summed E-state index contributed by atoms with van der Waals surface area (Å²) in [5.41, 5.74) is 0.100. The number of ketones is 1. The van der Waals surface area contributed by atoms with Crippen molar-refractivity contribution in [2.75, 3.05) is 0 Å². The van der Waals surface area contributed by atoms with Gasteiger partial charge in [0.25, 0.3) is 5.69 Å². The molecule has 0 aliphatic heterocycles. The number of thiophene rings is 2. The second kappa shape index (κ2) is 7.46. The van der Waals surface area contributed by atoms with Crippen molar-refractivity contribution in [2.24, 2.45) is 0 Å². The number of carbonyl (C=O) groups excluding carboxylic acids is 1. The third-order valence-electron chi connectivity index (χ3n) is 3.46. The maximum atomic E-state index is 12.4. The summed E-state index contributed by atoms with van der Waals surface area (Å²) in [6.07, 6.45) is 0. The van der Waals surface area contributed by atoms with Crippen LogP contribution in [0, 0.1) is 10.1 Å². The second-order valence-electron chi connectivity index (χ2n) is 5.16. The van der Waals surface area contributed by atoms with Crippen LogP contribution in [0.3, 0.4) is 0 Å². The van der Waals surface area contributed by atoms with Crippen molar-refractivity contribution in [1.82, 2.24) is 4.72 Å². The Morgan fingerprint density at radius 1 is 1.15 bits per heavy atom. The molecule has 0 aliphatic carbocycles. The first kappa shape index (κ1) is 18.4. The Morgan fingerprint density at radius 2 is 1.92 bits per heavy atom. The van der Waals surface area contributed by atoms with Gasteiger partial charge in [0.2, 0.25) is 15.8 Å². The summed E-state index contributed by atoms with van der Waals surface area (Å²) in [5, 5.41) is 14.6. The van der Waals surface area contributed by atoms with Crippen LogP contribution >= 0.6 is 22.7 Å². The number of nitro benzene ring substituents is 1. The van der Waals surface area contributed by atoms with Crippen LogP contribution in [0.25, 0.3) is 0 Å². The predicted octanol–water partition coefficient (Wildman–Crippen LogP) is 3.43. The van der Waals surface area contributed by atoms with Gasteiger partial charge in [-0.2, -0.15) is 11.3 Å². The van der Waals surface area contributed by atoms with Crippen LogP contribution < -0.4 is 4.72 Å². The van der Waals surface area contributed by atoms with Crippen LogP contribution in [0.4, 0.5) is 5.69 Å². The fraction of sp³-hybridized carbons (Fsp3) is 0.0625. The molecule has 0 unspecified atom stereocenters. The van der Waals surface area contributed by atoms with Gasteiger partial charge in [-0.1, -0.05) is 12.1 Å². The number of rotatable bonds is 7. The van der Waals surface area contributed by atoms with E-state index in [1.54, 1.807) is 23.6 Å². The zero-order chi connectivity index (χ0) is 18.7. The van der Waals surface area contributed by atoms with Crippen LogP contribution in [0.5, 0.6) is 0 Å². The molecule has 1 N–H and O–H groups in total. The summed E-state index contributed by atoms with van der Waals surface area (Å²) in [5.74, 6) is -0.121. The summed E-state index contributed by atoms with van der Waals surface area (Å²) in [4.78, 5) is 23.3. The number of hydrogen-bond acceptors (Lipinski definition) is 7. The number of carbonyl (C=O) groups is 1. The van der Waals surface area contributed by atoms with E-state index in [1.807, 2.05) is 5.38 Å². The zero-order valence-electron chi connectivity index (χ0n) is 13.1. The Bertz CT molecular complexity index is 1060. The van der Waals surface area contributed by atoms with E-state index in [2.05, 4.69) is 4.72 Å². The quantitative estimate of drug-likeness (QED) is 0.366. The Hall–Kier alpha value is -2.40. The number of nitrogens with zero attached hydrogens (tertiary/aromatic N) is 1. The van der Waals surface area contributed by atoms with Gasteiger partial charge < -0.3 is 0 Å². The minimum absolute atomic E-state index is 0.0596. The third-order valence-corrected chi connectivity index (χ3v) is 6.67. The van der Waals surface area contributed by atoms with Crippen molar-refractivity contribution in [3.63, 3.8) is 0 Å². The molecule has 2 heterocycles. The summed E-state index contributed by atoms with van der Waals surface area (Å²) in [7, 11) is -4.06. The maximum absolute atomic E-state index is 12.4. The molecule has 1 aromatic carbocycles. The molecule has 0 saturated carbocycles. The highest BCUT2D eigenvalue weighted by Crippen LogP contribution is 2.24. The molecule has 10 heteroatoms. The number of nitrogens with one attached hydrogen (secondary N) is 1. The van der Waals surface area contributed by atoms with Gasteiger partial charge in [0.1, 0.15) is 0 Å². The van der Waals surface area contributed by atoms with Gasteiger partial charge in [-0.15, -0.1) is 11.3 Å². The molecule has 2 aromatic heterocycles. The van der Waals surface area contributed by atoms with Crippen molar-refractivity contribution in [2.45, 2.75) is 11.4 Å². The molecule has 0 fully saturated rings. The van der Waals surface area contributed by atoms with Gasteiger partial charge in [-0.25, -0.2) is 13.1 Å². The smallest absolute Gasteiger partial charge is 0.288 e. The van der Waals surface area contributed by atoms with Crippen molar-refractivity contribution in [3.05, 3.63) is 78.7 Å². The van der Waals surface area contributed by atoms with Gasteiger partial charge in [-0.3, -0.25) is 14.9 Å². The lowest BCUT2D eigenvalue weighted by Gasteiger charge is -2.06. The molecule has 134 valence electrons. The highest BCUT2D eigenvalue weighted by molar-refractivity contribution is 7.89. The van der Waals surface area contributed by atoms with E-state index in [9.17, 15) is 23.3 Å². The molecule has 0 aliphatic rings. The second-order valence-corrected chi connectivity index (χ2v) is 8.84. The molecular formula is C16H12N2O5S3. The van der Waals surface area contributed by atoms with Crippen LogP contribution in [-0.2, 0) is 16.6 Å². The standard InChI is InChI=1S/C16H12N2O5S3/c19-16(11-7-8-24-10-11)14-6-5-12(25-14)9-17-26(22,23)15-4-2-1-3-13(15)18(20)21/h1-8,10,17H,9H2. The number of sulfonamides is 1. The van der Waals surface area contributed by atoms with Crippen LogP contribution in [0.2, 0.25) is 0 Å². The van der Waals surface area contributed by atoms with Crippen molar-refractivity contribution in [1.29, 1.82) is 0 Å². The van der Waals surface area contributed by atoms with E-state index in [-0.39, 0.29) is 12.3 Å². The average Bonchev–Trinajstić information content (AvgIpc) is 3.31. The number of nitro groups is 1. The van der Waals surface area contributed by atoms with E-state index < -0.39 is 25.5 Å². The SMILES string of the molecule is O=C(c1ccsc1)c1ccc(CNS(=O)(=O)c2ccccc2[N+](=O)[O-])s1. The van der Waals surface area contributed by atoms with Crippen molar-refractivity contribution in [3.8, 4) is 0 Å². The first-order chi connectivity index (χ1) is 12.4. The van der Waals surface area contributed by atoms with Crippen molar-refractivity contribution < 1.29 is 18.1 Å². The molecule has 26 heavy (non-hydrogen) atoms. The molecule has 0 bridgehead atoms. The van der Waals surface area contributed by atoms with E-state index >= 15 is 0 Å². The number of para-hydroxylation sites is 1. The maximum Gasteiger partial charge on any atom is 0.289 e. The van der Waals surface area contributed by atoms with Gasteiger partial charge >= 0.3 is 0 Å². The first-order valence-corrected chi connectivity index (χ1v) is 10.5. The first-order valence-electron chi connectivity index (χ1n) is 7.27. The van der Waals surface area contributed by atoms with E-state index in [1.165, 1.54) is 40.9 Å². The molecule has 0 radical (unpaired) electrons.